The molecule has 3 aromatic rings. The summed E-state index contributed by atoms with van der Waals surface area (Å²) in [6.07, 6.45) is 3.04. The van der Waals surface area contributed by atoms with Crippen molar-refractivity contribution in [2.24, 2.45) is 0 Å². The van der Waals surface area contributed by atoms with Gasteiger partial charge in [0.15, 0.2) is 5.13 Å². The summed E-state index contributed by atoms with van der Waals surface area (Å²) >= 11 is 3.29. The first-order valence-electron chi connectivity index (χ1n) is 10.2. The van der Waals surface area contributed by atoms with E-state index in [2.05, 4.69) is 32.0 Å². The van der Waals surface area contributed by atoms with Gasteiger partial charge in [-0.1, -0.05) is 49.4 Å². The molecule has 4 nitrogen and oxygen atoms in total. The summed E-state index contributed by atoms with van der Waals surface area (Å²) in [6.45, 7) is 5.57. The monoisotopic (exact) mass is 426 g/mol. The predicted molar refractivity (Wildman–Crippen MR) is 122 cm³/mol. The van der Waals surface area contributed by atoms with Crippen molar-refractivity contribution < 1.29 is 9.53 Å². The number of carbonyl (C=O) groups excluding carboxylic acids is 1. The number of aromatic nitrogens is 1. The Morgan fingerprint density at radius 3 is 2.86 bits per heavy atom. The van der Waals surface area contributed by atoms with Crippen LogP contribution in [0.2, 0.25) is 0 Å². The fraction of sp³-hybridized carbons (Fsp3) is 0.391. The normalized spacial score (nSPS) is 16.4. The van der Waals surface area contributed by atoms with Crippen LogP contribution in [0.4, 0.5) is 5.13 Å². The molecule has 0 radical (unpaired) electrons. The number of benzene rings is 2. The third-order valence-electron chi connectivity index (χ3n) is 5.18. The number of thiazole rings is 1. The van der Waals surface area contributed by atoms with E-state index in [1.54, 1.807) is 23.1 Å². The first-order valence-corrected chi connectivity index (χ1v) is 12.0. The second-order valence-electron chi connectivity index (χ2n) is 7.09. The van der Waals surface area contributed by atoms with Gasteiger partial charge in [0, 0.05) is 11.5 Å². The molecule has 0 spiro atoms. The lowest BCUT2D eigenvalue weighted by Crippen LogP contribution is -2.37. The average Bonchev–Trinajstić information content (AvgIpc) is 3.41. The summed E-state index contributed by atoms with van der Waals surface area (Å²) in [6, 6.07) is 14.2. The molecule has 29 heavy (non-hydrogen) atoms. The van der Waals surface area contributed by atoms with Crippen LogP contribution in [0.5, 0.6) is 0 Å². The van der Waals surface area contributed by atoms with Gasteiger partial charge in [-0.15, -0.1) is 11.8 Å². The number of thioether (sulfide) groups is 1. The Kier molecular flexibility index (Phi) is 6.53. The highest BCUT2D eigenvalue weighted by Crippen LogP contribution is 2.34. The number of rotatable bonds is 7. The second kappa shape index (κ2) is 9.28. The fourth-order valence-electron chi connectivity index (χ4n) is 3.70. The quantitative estimate of drug-likeness (QED) is 0.448. The number of fused-ring (bicyclic) bond motifs is 1. The lowest BCUT2D eigenvalue weighted by molar-refractivity contribution is 0.0915. The molecule has 6 heteroatoms. The maximum Gasteiger partial charge on any atom is 0.261 e. The molecule has 1 atom stereocenters. The largest absolute Gasteiger partial charge is 0.376 e. The molecule has 2 heterocycles. The zero-order chi connectivity index (χ0) is 20.2. The molecule has 1 unspecified atom stereocenters. The molecule has 1 amide bonds. The number of ether oxygens (including phenoxy) is 1. The minimum atomic E-state index is 0.00848. The van der Waals surface area contributed by atoms with Crippen molar-refractivity contribution in [1.29, 1.82) is 0 Å². The SMILES string of the molecule is CCSc1ccccc1C(=O)N(CC1CCCO1)c1nc2c(CC)cccc2s1. The van der Waals surface area contributed by atoms with Crippen LogP contribution in [-0.4, -0.2) is 35.9 Å². The lowest BCUT2D eigenvalue weighted by atomic mass is 10.1. The van der Waals surface area contributed by atoms with Crippen molar-refractivity contribution in [2.75, 3.05) is 23.8 Å². The number of nitrogens with zero attached hydrogens (tertiary/aromatic N) is 2. The number of aryl methyl sites for hydroxylation is 1. The van der Waals surface area contributed by atoms with Gasteiger partial charge in [-0.2, -0.15) is 0 Å². The second-order valence-corrected chi connectivity index (χ2v) is 9.41. The summed E-state index contributed by atoms with van der Waals surface area (Å²) < 4.78 is 6.99. The van der Waals surface area contributed by atoms with Crippen LogP contribution < -0.4 is 4.90 Å². The summed E-state index contributed by atoms with van der Waals surface area (Å²) in [5, 5.41) is 0.762. The number of anilines is 1. The molecule has 0 bridgehead atoms. The Hall–Kier alpha value is -1.89. The maximum absolute atomic E-state index is 13.7. The van der Waals surface area contributed by atoms with Gasteiger partial charge in [0.25, 0.3) is 5.91 Å². The molecule has 4 rings (SSSR count). The zero-order valence-electron chi connectivity index (χ0n) is 16.9. The van der Waals surface area contributed by atoms with Crippen molar-refractivity contribution in [1.82, 2.24) is 4.98 Å². The van der Waals surface area contributed by atoms with E-state index < -0.39 is 0 Å². The molecular weight excluding hydrogens is 400 g/mol. The van der Waals surface area contributed by atoms with Crippen molar-refractivity contribution >= 4 is 44.4 Å². The Balaban J connectivity index is 1.75. The number of carbonyl (C=O) groups is 1. The van der Waals surface area contributed by atoms with Crippen LogP contribution >= 0.6 is 23.1 Å². The zero-order valence-corrected chi connectivity index (χ0v) is 18.5. The minimum absolute atomic E-state index is 0.00848. The van der Waals surface area contributed by atoms with Gasteiger partial charge < -0.3 is 4.74 Å². The molecule has 1 aromatic heterocycles. The van der Waals surface area contributed by atoms with E-state index in [0.29, 0.717) is 6.54 Å². The molecule has 152 valence electrons. The van der Waals surface area contributed by atoms with Crippen LogP contribution in [0.15, 0.2) is 47.4 Å². The molecule has 1 aliphatic heterocycles. The summed E-state index contributed by atoms with van der Waals surface area (Å²) in [4.78, 5) is 21.5. The van der Waals surface area contributed by atoms with Crippen LogP contribution in [0.3, 0.4) is 0 Å². The Labute approximate surface area is 180 Å². The predicted octanol–water partition coefficient (Wildman–Crippen LogP) is 5.80. The van der Waals surface area contributed by atoms with Gasteiger partial charge in [0.1, 0.15) is 0 Å². The molecule has 0 aliphatic carbocycles. The van der Waals surface area contributed by atoms with Crippen LogP contribution in [-0.2, 0) is 11.2 Å². The van der Waals surface area contributed by atoms with Crippen LogP contribution in [0.25, 0.3) is 10.2 Å². The molecule has 1 aliphatic rings. The molecule has 1 saturated heterocycles. The third-order valence-corrected chi connectivity index (χ3v) is 7.17. The van der Waals surface area contributed by atoms with Gasteiger partial charge in [0.2, 0.25) is 0 Å². The summed E-state index contributed by atoms with van der Waals surface area (Å²) in [5.41, 5.74) is 2.97. The van der Waals surface area contributed by atoms with E-state index in [9.17, 15) is 4.79 Å². The maximum atomic E-state index is 13.7. The van der Waals surface area contributed by atoms with E-state index in [0.717, 1.165) is 57.4 Å². The van der Waals surface area contributed by atoms with E-state index in [-0.39, 0.29) is 12.0 Å². The molecular formula is C23H26N2O2S2. The minimum Gasteiger partial charge on any atom is -0.376 e. The highest BCUT2D eigenvalue weighted by molar-refractivity contribution is 7.99. The summed E-state index contributed by atoms with van der Waals surface area (Å²) in [5.74, 6) is 0.936. The number of hydrogen-bond donors (Lipinski definition) is 0. The van der Waals surface area contributed by atoms with Crippen molar-refractivity contribution in [3.05, 3.63) is 53.6 Å². The molecule has 2 aromatic carbocycles. The number of hydrogen-bond acceptors (Lipinski definition) is 5. The Bertz CT molecular complexity index is 995. The Morgan fingerprint density at radius 2 is 2.10 bits per heavy atom. The van der Waals surface area contributed by atoms with E-state index in [4.69, 9.17) is 9.72 Å². The van der Waals surface area contributed by atoms with Gasteiger partial charge in [0.05, 0.1) is 28.4 Å². The highest BCUT2D eigenvalue weighted by Gasteiger charge is 2.28. The lowest BCUT2D eigenvalue weighted by Gasteiger charge is -2.24. The molecule has 0 saturated carbocycles. The highest BCUT2D eigenvalue weighted by atomic mass is 32.2. The van der Waals surface area contributed by atoms with Gasteiger partial charge >= 0.3 is 0 Å². The van der Waals surface area contributed by atoms with Crippen LogP contribution in [0.1, 0.15) is 42.6 Å². The van der Waals surface area contributed by atoms with Gasteiger partial charge in [-0.05, 0) is 48.8 Å². The summed E-state index contributed by atoms with van der Waals surface area (Å²) in [7, 11) is 0. The molecule has 1 fully saturated rings. The van der Waals surface area contributed by atoms with E-state index >= 15 is 0 Å². The van der Waals surface area contributed by atoms with Crippen molar-refractivity contribution in [3.8, 4) is 0 Å². The van der Waals surface area contributed by atoms with Crippen molar-refractivity contribution in [2.45, 2.75) is 44.1 Å². The van der Waals surface area contributed by atoms with Crippen LogP contribution in [0, 0.1) is 0 Å². The molecule has 0 N–H and O–H groups in total. The third kappa shape index (κ3) is 4.34. The smallest absolute Gasteiger partial charge is 0.261 e. The topological polar surface area (TPSA) is 42.4 Å². The first-order chi connectivity index (χ1) is 14.2. The average molecular weight is 427 g/mol. The van der Waals surface area contributed by atoms with E-state index in [1.165, 1.54) is 5.56 Å². The number of amides is 1. The number of para-hydroxylation sites is 1. The van der Waals surface area contributed by atoms with Gasteiger partial charge in [-0.3, -0.25) is 9.69 Å². The van der Waals surface area contributed by atoms with Crippen molar-refractivity contribution in [3.63, 3.8) is 0 Å². The fourth-order valence-corrected chi connectivity index (χ4v) is 5.52. The standard InChI is InChI=1S/C23H26N2O2S2/c1-3-16-9-7-13-20-21(16)24-23(29-20)25(15-17-10-8-14-27-17)22(26)18-11-5-6-12-19(18)28-4-2/h5-7,9,11-13,17H,3-4,8,10,14-15H2,1-2H3. The first kappa shape index (κ1) is 20.4. The van der Waals surface area contributed by atoms with Gasteiger partial charge in [-0.25, -0.2) is 4.98 Å². The Morgan fingerprint density at radius 1 is 1.24 bits per heavy atom. The van der Waals surface area contributed by atoms with E-state index in [1.807, 2.05) is 29.2 Å².